The number of aryl methyl sites for hydroxylation is 1. The van der Waals surface area contributed by atoms with Gasteiger partial charge in [0.05, 0.1) is 48.3 Å². The van der Waals surface area contributed by atoms with Gasteiger partial charge in [-0.05, 0) is 88.6 Å². The van der Waals surface area contributed by atoms with Crippen LogP contribution >= 0.6 is 11.3 Å². The molecule has 0 saturated carbocycles. The van der Waals surface area contributed by atoms with E-state index in [0.29, 0.717) is 62.4 Å². The number of esters is 1. The van der Waals surface area contributed by atoms with E-state index < -0.39 is 12.0 Å². The van der Waals surface area contributed by atoms with E-state index in [-0.39, 0.29) is 18.3 Å². The standard InChI is InChI=1S/C37H40N2O7S/c1-8-43-31-18-25(13-15-28(31)45-21-26-12-10-11-23(5)17-26)19-32-35(40)39-34(27-14-16-29(46-22(3)4)30(20-27)42-7)33(36(41)44-9-2)24(6)38-37(39)47-32/h10-20,22,34H,8-9,21H2,1-7H3/b32-19-/t34-/m0/s1. The number of hydrogen-bond donors (Lipinski definition) is 0. The van der Waals surface area contributed by atoms with Crippen molar-refractivity contribution in [2.24, 2.45) is 4.99 Å². The number of nitrogens with zero attached hydrogens (tertiary/aromatic N) is 2. The van der Waals surface area contributed by atoms with Gasteiger partial charge in [0.1, 0.15) is 6.61 Å². The van der Waals surface area contributed by atoms with Crippen molar-refractivity contribution in [2.75, 3.05) is 20.3 Å². The minimum Gasteiger partial charge on any atom is -0.493 e. The number of benzene rings is 3. The van der Waals surface area contributed by atoms with Crippen LogP contribution in [-0.4, -0.2) is 37.0 Å². The number of methoxy groups -OCH3 is 1. The fourth-order valence-electron chi connectivity index (χ4n) is 5.43. The van der Waals surface area contributed by atoms with E-state index in [9.17, 15) is 9.59 Å². The van der Waals surface area contributed by atoms with Crippen molar-refractivity contribution in [3.63, 3.8) is 0 Å². The largest absolute Gasteiger partial charge is 0.493 e. The predicted octanol–water partition coefficient (Wildman–Crippen LogP) is 5.88. The molecular formula is C37H40N2O7S. The minimum atomic E-state index is -0.786. The Morgan fingerprint density at radius 2 is 1.74 bits per heavy atom. The molecule has 0 spiro atoms. The van der Waals surface area contributed by atoms with E-state index in [2.05, 4.69) is 11.1 Å². The molecule has 0 fully saturated rings. The van der Waals surface area contributed by atoms with Crippen LogP contribution in [0.4, 0.5) is 0 Å². The lowest BCUT2D eigenvalue weighted by Crippen LogP contribution is -2.40. The number of aromatic nitrogens is 1. The molecule has 4 aromatic rings. The zero-order valence-electron chi connectivity index (χ0n) is 27.8. The monoisotopic (exact) mass is 656 g/mol. The fraction of sp³-hybridized carbons (Fsp3) is 0.324. The van der Waals surface area contributed by atoms with Crippen LogP contribution in [0.15, 0.2) is 81.7 Å². The molecule has 1 aliphatic rings. The molecule has 246 valence electrons. The summed E-state index contributed by atoms with van der Waals surface area (Å²) in [4.78, 5) is 32.7. The molecule has 1 aromatic heterocycles. The first-order chi connectivity index (χ1) is 22.6. The highest BCUT2D eigenvalue weighted by Crippen LogP contribution is 2.36. The Morgan fingerprint density at radius 1 is 0.957 bits per heavy atom. The number of rotatable bonds is 12. The van der Waals surface area contributed by atoms with Crippen molar-refractivity contribution in [1.29, 1.82) is 0 Å². The summed E-state index contributed by atoms with van der Waals surface area (Å²) < 4.78 is 31.0. The van der Waals surface area contributed by atoms with Crippen molar-refractivity contribution >= 4 is 23.4 Å². The fourth-order valence-corrected chi connectivity index (χ4v) is 6.48. The van der Waals surface area contributed by atoms with Gasteiger partial charge >= 0.3 is 5.97 Å². The highest BCUT2D eigenvalue weighted by atomic mass is 32.1. The van der Waals surface area contributed by atoms with Crippen molar-refractivity contribution in [3.05, 3.63) is 114 Å². The third-order valence-corrected chi connectivity index (χ3v) is 8.41. The maximum Gasteiger partial charge on any atom is 0.338 e. The number of allylic oxidation sites excluding steroid dienone is 1. The zero-order valence-corrected chi connectivity index (χ0v) is 28.6. The first kappa shape index (κ1) is 33.5. The van der Waals surface area contributed by atoms with Gasteiger partial charge in [0, 0.05) is 0 Å². The second-order valence-electron chi connectivity index (χ2n) is 11.3. The molecule has 1 atom stereocenters. The van der Waals surface area contributed by atoms with Crippen molar-refractivity contribution in [2.45, 2.75) is 60.3 Å². The molecule has 0 bridgehead atoms. The van der Waals surface area contributed by atoms with E-state index in [4.69, 9.17) is 23.7 Å². The highest BCUT2D eigenvalue weighted by Gasteiger charge is 2.34. The maximum atomic E-state index is 14.2. The third-order valence-electron chi connectivity index (χ3n) is 7.43. The number of fused-ring (bicyclic) bond motifs is 1. The minimum absolute atomic E-state index is 0.0679. The van der Waals surface area contributed by atoms with Crippen LogP contribution in [0, 0.1) is 6.92 Å². The summed E-state index contributed by atoms with van der Waals surface area (Å²) >= 11 is 1.25. The molecule has 0 unspecified atom stereocenters. The molecule has 47 heavy (non-hydrogen) atoms. The molecule has 10 heteroatoms. The summed E-state index contributed by atoms with van der Waals surface area (Å²) in [6.45, 7) is 12.4. The van der Waals surface area contributed by atoms with Gasteiger partial charge in [-0.25, -0.2) is 9.79 Å². The molecule has 3 aromatic carbocycles. The van der Waals surface area contributed by atoms with Gasteiger partial charge in [-0.15, -0.1) is 0 Å². The molecule has 0 saturated heterocycles. The predicted molar refractivity (Wildman–Crippen MR) is 182 cm³/mol. The summed E-state index contributed by atoms with van der Waals surface area (Å²) in [5, 5.41) is 0. The first-order valence-corrected chi connectivity index (χ1v) is 16.4. The molecule has 0 amide bonds. The van der Waals surface area contributed by atoms with Gasteiger partial charge in [0.15, 0.2) is 27.8 Å². The summed E-state index contributed by atoms with van der Waals surface area (Å²) in [7, 11) is 1.56. The van der Waals surface area contributed by atoms with Gasteiger partial charge < -0.3 is 23.7 Å². The van der Waals surface area contributed by atoms with Gasteiger partial charge in [0.25, 0.3) is 5.56 Å². The summed E-state index contributed by atoms with van der Waals surface area (Å²) in [6.07, 6.45) is 1.73. The molecule has 2 heterocycles. The van der Waals surface area contributed by atoms with Crippen molar-refractivity contribution in [1.82, 2.24) is 4.57 Å². The van der Waals surface area contributed by atoms with Crippen LogP contribution in [0.25, 0.3) is 6.08 Å². The van der Waals surface area contributed by atoms with Crippen LogP contribution < -0.4 is 33.8 Å². The average Bonchev–Trinajstić information content (AvgIpc) is 3.33. The average molecular weight is 657 g/mol. The Bertz CT molecular complexity index is 1990. The lowest BCUT2D eigenvalue weighted by Gasteiger charge is -2.25. The number of hydrogen-bond acceptors (Lipinski definition) is 9. The number of carbonyl (C=O) groups excluding carboxylic acids is 1. The molecular weight excluding hydrogens is 616 g/mol. The second kappa shape index (κ2) is 14.7. The number of thiazole rings is 1. The van der Waals surface area contributed by atoms with Gasteiger partial charge in [0.2, 0.25) is 0 Å². The quantitative estimate of drug-likeness (QED) is 0.176. The topological polar surface area (TPSA) is 97.6 Å². The van der Waals surface area contributed by atoms with Crippen LogP contribution in [0.3, 0.4) is 0 Å². The molecule has 0 aliphatic carbocycles. The van der Waals surface area contributed by atoms with Crippen LogP contribution in [0.2, 0.25) is 0 Å². The lowest BCUT2D eigenvalue weighted by atomic mass is 9.95. The maximum absolute atomic E-state index is 14.2. The normalized spacial score (nSPS) is 14.5. The highest BCUT2D eigenvalue weighted by molar-refractivity contribution is 7.07. The van der Waals surface area contributed by atoms with E-state index in [1.807, 2.05) is 70.2 Å². The van der Waals surface area contributed by atoms with E-state index in [1.54, 1.807) is 43.7 Å². The number of ether oxygens (including phenoxy) is 5. The zero-order chi connectivity index (χ0) is 33.7. The van der Waals surface area contributed by atoms with Gasteiger partial charge in [-0.3, -0.25) is 9.36 Å². The Kier molecular flexibility index (Phi) is 10.5. The summed E-state index contributed by atoms with van der Waals surface area (Å²) in [6, 6.07) is 18.4. The van der Waals surface area contributed by atoms with Crippen molar-refractivity contribution < 1.29 is 28.5 Å². The SMILES string of the molecule is CCOC(=O)C1=C(C)N=c2s/c(=C\c3ccc(OCc4cccc(C)c4)c(OCC)c3)c(=O)n2[C@H]1c1ccc(OC(C)C)c(OC)c1. The second-order valence-corrected chi connectivity index (χ2v) is 12.3. The van der Waals surface area contributed by atoms with Crippen LogP contribution in [-0.2, 0) is 16.1 Å². The van der Waals surface area contributed by atoms with Crippen LogP contribution in [0.5, 0.6) is 23.0 Å². The van der Waals surface area contributed by atoms with E-state index in [1.165, 1.54) is 11.3 Å². The molecule has 9 nitrogen and oxygen atoms in total. The van der Waals surface area contributed by atoms with Crippen LogP contribution in [0.1, 0.15) is 62.9 Å². The van der Waals surface area contributed by atoms with Gasteiger partial charge in [-0.1, -0.05) is 53.3 Å². The Morgan fingerprint density at radius 3 is 2.45 bits per heavy atom. The lowest BCUT2D eigenvalue weighted by molar-refractivity contribution is -0.139. The molecule has 1 aliphatic heterocycles. The van der Waals surface area contributed by atoms with E-state index in [0.717, 1.165) is 16.7 Å². The molecule has 0 N–H and O–H groups in total. The van der Waals surface area contributed by atoms with Crippen molar-refractivity contribution in [3.8, 4) is 23.0 Å². The van der Waals surface area contributed by atoms with E-state index >= 15 is 0 Å². The third kappa shape index (κ3) is 7.44. The Balaban J connectivity index is 1.58. The molecule has 0 radical (unpaired) electrons. The summed E-state index contributed by atoms with van der Waals surface area (Å²) in [5.41, 5.74) is 4.14. The number of carbonyl (C=O) groups is 1. The van der Waals surface area contributed by atoms with Gasteiger partial charge in [-0.2, -0.15) is 0 Å². The Labute approximate surface area is 278 Å². The summed E-state index contributed by atoms with van der Waals surface area (Å²) in [5.74, 6) is 1.71. The smallest absolute Gasteiger partial charge is 0.338 e. The first-order valence-electron chi connectivity index (χ1n) is 15.6. The Hall–Kier alpha value is -4.83. The molecule has 5 rings (SSSR count).